The molecule has 0 fully saturated rings. The number of hydrogen-bond acceptors (Lipinski definition) is 6. The van der Waals surface area contributed by atoms with E-state index in [1.807, 2.05) is 0 Å². The number of phenols is 3. The monoisotopic (exact) mass is 468 g/mol. The van der Waals surface area contributed by atoms with Crippen molar-refractivity contribution in [2.24, 2.45) is 0 Å². The van der Waals surface area contributed by atoms with Gasteiger partial charge in [0.25, 0.3) is 0 Å². The molecule has 0 atom stereocenters. The minimum Gasteiger partial charge on any atom is -0.508 e. The van der Waals surface area contributed by atoms with E-state index in [0.29, 0.717) is 14.7 Å². The molecule has 3 N–H and O–H groups in total. The van der Waals surface area contributed by atoms with Gasteiger partial charge in [-0.3, -0.25) is 0 Å². The maximum absolute atomic E-state index is 13.4. The van der Waals surface area contributed by atoms with E-state index in [4.69, 9.17) is 3.63 Å². The van der Waals surface area contributed by atoms with Crippen molar-refractivity contribution in [1.29, 1.82) is 0 Å². The van der Waals surface area contributed by atoms with Crippen LogP contribution in [0.15, 0.2) is 123 Å². The highest BCUT2D eigenvalue weighted by atomic mass is 32.3. The van der Waals surface area contributed by atoms with Gasteiger partial charge in [0.1, 0.15) is 17.2 Å². The first-order valence-electron chi connectivity index (χ1n) is 9.53. The van der Waals surface area contributed by atoms with Gasteiger partial charge in [0.05, 0.1) is 4.90 Å². The average molecular weight is 469 g/mol. The maximum atomic E-state index is 13.4. The van der Waals surface area contributed by atoms with Gasteiger partial charge in [-0.05, 0) is 95.2 Å². The Hall–Kier alpha value is -3.46. The molecule has 0 unspecified atom stereocenters. The van der Waals surface area contributed by atoms with Gasteiger partial charge in [-0.15, -0.1) is 0 Å². The molecule has 0 amide bonds. The molecule has 0 radical (unpaired) electrons. The third-order valence-electron chi connectivity index (χ3n) is 4.73. The van der Waals surface area contributed by atoms with Crippen LogP contribution in [-0.2, 0) is 13.7 Å². The van der Waals surface area contributed by atoms with Crippen molar-refractivity contribution in [3.8, 4) is 17.2 Å². The van der Waals surface area contributed by atoms with Gasteiger partial charge >= 0.3 is 10.1 Å². The summed E-state index contributed by atoms with van der Waals surface area (Å²) >= 11 is 0. The standard InChI is InChI=1S/C24H20O6S2/c25-18-6-12-21(13-7-18)31(22-14-8-19(26)9-15-22,23-16-10-20(27)11-17-23)30-32(28,29)24-4-2-1-3-5-24/h1-17,25-27H. The van der Waals surface area contributed by atoms with Crippen LogP contribution in [0, 0.1) is 0 Å². The normalized spacial score (nSPS) is 12.4. The molecule has 0 saturated carbocycles. The lowest BCUT2D eigenvalue weighted by Gasteiger charge is -2.39. The smallest absolute Gasteiger partial charge is 0.307 e. The summed E-state index contributed by atoms with van der Waals surface area (Å²) in [6, 6.07) is 26.2. The van der Waals surface area contributed by atoms with Gasteiger partial charge in [0, 0.05) is 14.7 Å². The molecule has 32 heavy (non-hydrogen) atoms. The van der Waals surface area contributed by atoms with E-state index in [-0.39, 0.29) is 22.1 Å². The summed E-state index contributed by atoms with van der Waals surface area (Å²) in [5, 5.41) is 29.5. The van der Waals surface area contributed by atoms with Crippen molar-refractivity contribution >= 4 is 20.4 Å². The average Bonchev–Trinajstić information content (AvgIpc) is 2.80. The summed E-state index contributed by atoms with van der Waals surface area (Å²) < 4.78 is 32.9. The molecule has 164 valence electrons. The molecule has 8 heteroatoms. The second-order valence-corrected chi connectivity index (χ2v) is 11.3. The molecule has 0 bridgehead atoms. The van der Waals surface area contributed by atoms with Crippen LogP contribution in [0.1, 0.15) is 0 Å². The fourth-order valence-electron chi connectivity index (χ4n) is 3.20. The van der Waals surface area contributed by atoms with Crippen LogP contribution in [0.5, 0.6) is 17.2 Å². The Morgan fingerprint density at radius 2 is 0.812 bits per heavy atom. The molecule has 4 aromatic rings. The van der Waals surface area contributed by atoms with E-state index in [1.165, 1.54) is 48.5 Å². The highest BCUT2D eigenvalue weighted by Gasteiger charge is 2.38. The van der Waals surface area contributed by atoms with Crippen molar-refractivity contribution in [2.75, 3.05) is 0 Å². The van der Waals surface area contributed by atoms with Gasteiger partial charge in [0.15, 0.2) is 0 Å². The largest absolute Gasteiger partial charge is 0.508 e. The van der Waals surface area contributed by atoms with Crippen molar-refractivity contribution in [3.63, 3.8) is 0 Å². The predicted molar refractivity (Wildman–Crippen MR) is 121 cm³/mol. The highest BCUT2D eigenvalue weighted by molar-refractivity contribution is 8.33. The summed E-state index contributed by atoms with van der Waals surface area (Å²) in [7, 11) is -7.15. The first kappa shape index (κ1) is 21.8. The Balaban J connectivity index is 2.03. The van der Waals surface area contributed by atoms with E-state index < -0.39 is 20.4 Å². The van der Waals surface area contributed by atoms with Crippen LogP contribution in [0.25, 0.3) is 0 Å². The molecule has 0 spiro atoms. The number of aromatic hydroxyl groups is 3. The third-order valence-corrected chi connectivity index (χ3v) is 9.92. The third kappa shape index (κ3) is 4.16. The lowest BCUT2D eigenvalue weighted by Crippen LogP contribution is -2.14. The lowest BCUT2D eigenvalue weighted by molar-refractivity contribution is 0.474. The fourth-order valence-corrected chi connectivity index (χ4v) is 8.40. The molecule has 0 aromatic heterocycles. The molecule has 0 saturated heterocycles. The molecule has 0 aliphatic carbocycles. The van der Waals surface area contributed by atoms with Gasteiger partial charge in [-0.25, -0.2) is 3.63 Å². The van der Waals surface area contributed by atoms with Crippen LogP contribution < -0.4 is 0 Å². The van der Waals surface area contributed by atoms with Crippen molar-refractivity contribution in [2.45, 2.75) is 19.6 Å². The molecule has 4 aromatic carbocycles. The maximum Gasteiger partial charge on any atom is 0.307 e. The Labute approximate surface area is 187 Å². The Morgan fingerprint density at radius 1 is 0.469 bits per heavy atom. The molecular weight excluding hydrogens is 448 g/mol. The number of hydrogen-bond donors (Lipinski definition) is 3. The summed E-state index contributed by atoms with van der Waals surface area (Å²) in [5.74, 6) is 0.0538. The van der Waals surface area contributed by atoms with Gasteiger partial charge in [-0.2, -0.15) is 8.42 Å². The fraction of sp³-hybridized carbons (Fsp3) is 0. The molecule has 0 heterocycles. The molecule has 0 aliphatic heterocycles. The van der Waals surface area contributed by atoms with Crippen LogP contribution in [0.2, 0.25) is 0 Å². The summed E-state index contributed by atoms with van der Waals surface area (Å²) in [6.45, 7) is 0. The minimum atomic E-state index is -4.24. The topological polar surface area (TPSA) is 104 Å². The van der Waals surface area contributed by atoms with Gasteiger partial charge in [0.2, 0.25) is 0 Å². The number of rotatable bonds is 6. The lowest BCUT2D eigenvalue weighted by atomic mass is 10.3. The first-order chi connectivity index (χ1) is 15.3. The highest BCUT2D eigenvalue weighted by Crippen LogP contribution is 2.70. The zero-order valence-corrected chi connectivity index (χ0v) is 18.3. The van der Waals surface area contributed by atoms with Crippen molar-refractivity contribution in [3.05, 3.63) is 103 Å². The number of phenolic OH excluding ortho intramolecular Hbond substituents is 3. The van der Waals surface area contributed by atoms with Gasteiger partial charge < -0.3 is 15.3 Å². The van der Waals surface area contributed by atoms with Crippen LogP contribution in [0.3, 0.4) is 0 Å². The minimum absolute atomic E-state index is 0.00629. The van der Waals surface area contributed by atoms with Gasteiger partial charge in [-0.1, -0.05) is 18.2 Å². The van der Waals surface area contributed by atoms with E-state index in [2.05, 4.69) is 0 Å². The van der Waals surface area contributed by atoms with Crippen LogP contribution in [0.4, 0.5) is 0 Å². The summed E-state index contributed by atoms with van der Waals surface area (Å²) in [4.78, 5) is 1.51. The van der Waals surface area contributed by atoms with E-state index >= 15 is 0 Å². The SMILES string of the molecule is O=S(=O)(OS(c1ccc(O)cc1)(c1ccc(O)cc1)c1ccc(O)cc1)c1ccccc1. The second-order valence-electron chi connectivity index (χ2n) is 6.87. The van der Waals surface area contributed by atoms with E-state index in [0.717, 1.165) is 0 Å². The molecule has 0 aliphatic rings. The van der Waals surface area contributed by atoms with Crippen LogP contribution >= 0.6 is 10.3 Å². The van der Waals surface area contributed by atoms with Crippen molar-refractivity contribution < 1.29 is 27.4 Å². The van der Waals surface area contributed by atoms with Crippen molar-refractivity contribution in [1.82, 2.24) is 0 Å². The first-order valence-corrected chi connectivity index (χ1v) is 12.5. The molecular formula is C24H20O6S2. The Morgan fingerprint density at radius 3 is 1.16 bits per heavy atom. The molecule has 6 nitrogen and oxygen atoms in total. The quantitative estimate of drug-likeness (QED) is 0.350. The van der Waals surface area contributed by atoms with E-state index in [9.17, 15) is 23.7 Å². The zero-order chi connectivity index (χ0) is 22.8. The predicted octanol–water partition coefficient (Wildman–Crippen LogP) is 5.41. The summed E-state index contributed by atoms with van der Waals surface area (Å²) in [6.07, 6.45) is 0. The summed E-state index contributed by atoms with van der Waals surface area (Å²) in [5.41, 5.74) is 0. The number of benzene rings is 4. The zero-order valence-electron chi connectivity index (χ0n) is 16.7. The Bertz CT molecular complexity index is 1190. The second kappa shape index (κ2) is 8.58. The van der Waals surface area contributed by atoms with E-state index in [1.54, 1.807) is 54.6 Å². The Kier molecular flexibility index (Phi) is 5.84. The molecule has 4 rings (SSSR count). The van der Waals surface area contributed by atoms with Crippen LogP contribution in [-0.4, -0.2) is 23.7 Å².